The SMILES string of the molecule is Cc1ccc(Cl)cc1N(Cc1ccc(C(=O)N/N=C\c2ccccn2)cc1)S(=O)(=O)c1ccccc1. The molecule has 36 heavy (non-hydrogen) atoms. The van der Waals surface area contributed by atoms with Gasteiger partial charge in [-0.05, 0) is 66.6 Å². The molecule has 0 aliphatic carbocycles. The Balaban J connectivity index is 1.57. The summed E-state index contributed by atoms with van der Waals surface area (Å²) in [4.78, 5) is 16.7. The van der Waals surface area contributed by atoms with Crippen LogP contribution in [0, 0.1) is 6.92 Å². The summed E-state index contributed by atoms with van der Waals surface area (Å²) < 4.78 is 28.5. The van der Waals surface area contributed by atoms with Gasteiger partial charge in [-0.3, -0.25) is 14.1 Å². The molecule has 3 aromatic carbocycles. The number of aryl methyl sites for hydroxylation is 1. The molecule has 0 saturated carbocycles. The van der Waals surface area contributed by atoms with Gasteiger partial charge in [-0.25, -0.2) is 13.8 Å². The first kappa shape index (κ1) is 25.1. The summed E-state index contributed by atoms with van der Waals surface area (Å²) in [5.74, 6) is -0.395. The van der Waals surface area contributed by atoms with E-state index in [0.29, 0.717) is 27.5 Å². The Bertz CT molecular complexity index is 1480. The number of carbonyl (C=O) groups is 1. The molecule has 0 atom stereocenters. The first-order valence-electron chi connectivity index (χ1n) is 11.0. The van der Waals surface area contributed by atoms with E-state index in [9.17, 15) is 13.2 Å². The van der Waals surface area contributed by atoms with Crippen molar-refractivity contribution in [2.45, 2.75) is 18.4 Å². The van der Waals surface area contributed by atoms with Crippen molar-refractivity contribution < 1.29 is 13.2 Å². The van der Waals surface area contributed by atoms with Crippen molar-refractivity contribution in [3.05, 3.63) is 125 Å². The van der Waals surface area contributed by atoms with Crippen LogP contribution in [0.1, 0.15) is 27.2 Å². The number of hydrogen-bond donors (Lipinski definition) is 1. The summed E-state index contributed by atoms with van der Waals surface area (Å²) in [5.41, 5.74) is 5.40. The average Bonchev–Trinajstić information content (AvgIpc) is 2.90. The summed E-state index contributed by atoms with van der Waals surface area (Å²) in [6.07, 6.45) is 3.08. The highest BCUT2D eigenvalue weighted by molar-refractivity contribution is 7.92. The molecule has 0 spiro atoms. The number of rotatable bonds is 8. The van der Waals surface area contributed by atoms with Gasteiger partial charge in [0, 0.05) is 16.8 Å². The van der Waals surface area contributed by atoms with Gasteiger partial charge in [0.1, 0.15) is 0 Å². The molecule has 4 rings (SSSR count). The van der Waals surface area contributed by atoms with E-state index < -0.39 is 15.9 Å². The summed E-state index contributed by atoms with van der Waals surface area (Å²) in [6, 6.07) is 25.4. The molecule has 0 aliphatic rings. The molecule has 1 N–H and O–H groups in total. The zero-order chi connectivity index (χ0) is 25.5. The number of halogens is 1. The van der Waals surface area contributed by atoms with Crippen LogP contribution < -0.4 is 9.73 Å². The van der Waals surface area contributed by atoms with Gasteiger partial charge in [0.05, 0.1) is 29.0 Å². The van der Waals surface area contributed by atoms with E-state index in [0.717, 1.165) is 5.56 Å². The van der Waals surface area contributed by atoms with Gasteiger partial charge < -0.3 is 0 Å². The summed E-state index contributed by atoms with van der Waals surface area (Å²) in [5, 5.41) is 4.36. The van der Waals surface area contributed by atoms with E-state index >= 15 is 0 Å². The second-order valence-corrected chi connectivity index (χ2v) is 10.2. The van der Waals surface area contributed by atoms with Crippen LogP contribution in [0.4, 0.5) is 5.69 Å². The molecule has 1 amide bonds. The van der Waals surface area contributed by atoms with Crippen molar-refractivity contribution >= 4 is 39.4 Å². The average molecular weight is 519 g/mol. The van der Waals surface area contributed by atoms with E-state index in [1.807, 2.05) is 13.0 Å². The molecular formula is C27H23ClN4O3S. The highest BCUT2D eigenvalue weighted by Crippen LogP contribution is 2.31. The number of benzene rings is 3. The van der Waals surface area contributed by atoms with Crippen LogP contribution in [0.25, 0.3) is 0 Å². The Labute approximate surface area is 215 Å². The third-order valence-electron chi connectivity index (χ3n) is 5.36. The standard InChI is InChI=1S/C27H23ClN4O3S/c1-20-10-15-23(28)17-26(20)32(36(34,35)25-8-3-2-4-9-25)19-21-11-13-22(14-12-21)27(33)31-30-18-24-7-5-6-16-29-24/h2-18H,19H2,1H3,(H,31,33)/b30-18-. The van der Waals surface area contributed by atoms with Crippen molar-refractivity contribution in [3.63, 3.8) is 0 Å². The second-order valence-electron chi connectivity index (χ2n) is 7.91. The summed E-state index contributed by atoms with van der Waals surface area (Å²) in [6.45, 7) is 1.89. The number of carbonyl (C=O) groups excluding carboxylic acids is 1. The molecule has 0 unspecified atom stereocenters. The van der Waals surface area contributed by atoms with Crippen molar-refractivity contribution in [2.24, 2.45) is 5.10 Å². The van der Waals surface area contributed by atoms with Crippen LogP contribution in [-0.2, 0) is 16.6 Å². The number of sulfonamides is 1. The van der Waals surface area contributed by atoms with Gasteiger partial charge in [-0.15, -0.1) is 0 Å². The quantitative estimate of drug-likeness (QED) is 0.256. The Morgan fingerprint density at radius 2 is 1.72 bits per heavy atom. The van der Waals surface area contributed by atoms with Crippen LogP contribution in [0.3, 0.4) is 0 Å². The molecule has 182 valence electrons. The van der Waals surface area contributed by atoms with Gasteiger partial charge in [0.25, 0.3) is 15.9 Å². The van der Waals surface area contributed by atoms with Crippen molar-refractivity contribution in [3.8, 4) is 0 Å². The Morgan fingerprint density at radius 3 is 2.42 bits per heavy atom. The zero-order valence-corrected chi connectivity index (χ0v) is 20.9. The Hall–Kier alpha value is -4.01. The van der Waals surface area contributed by atoms with Crippen molar-refractivity contribution in [1.29, 1.82) is 0 Å². The second kappa shape index (κ2) is 11.2. The molecule has 7 nitrogen and oxygen atoms in total. The number of hydrazone groups is 1. The Kier molecular flexibility index (Phi) is 7.77. The zero-order valence-electron chi connectivity index (χ0n) is 19.4. The maximum absolute atomic E-state index is 13.6. The maximum Gasteiger partial charge on any atom is 0.271 e. The van der Waals surface area contributed by atoms with Crippen LogP contribution in [-0.4, -0.2) is 25.5 Å². The summed E-state index contributed by atoms with van der Waals surface area (Å²) >= 11 is 6.22. The lowest BCUT2D eigenvalue weighted by atomic mass is 10.1. The van der Waals surface area contributed by atoms with Gasteiger partial charge >= 0.3 is 0 Å². The largest absolute Gasteiger partial charge is 0.271 e. The van der Waals surface area contributed by atoms with E-state index in [2.05, 4.69) is 15.5 Å². The highest BCUT2D eigenvalue weighted by atomic mass is 35.5. The minimum Gasteiger partial charge on any atom is -0.267 e. The fourth-order valence-electron chi connectivity index (χ4n) is 3.47. The molecule has 0 aliphatic heterocycles. The first-order chi connectivity index (χ1) is 17.3. The van der Waals surface area contributed by atoms with Crippen LogP contribution in [0.15, 0.2) is 107 Å². The molecule has 4 aromatic rings. The van der Waals surface area contributed by atoms with Crippen molar-refractivity contribution in [2.75, 3.05) is 4.31 Å². The molecule has 1 aromatic heterocycles. The van der Waals surface area contributed by atoms with E-state index in [1.54, 1.807) is 91.1 Å². The van der Waals surface area contributed by atoms with Gasteiger partial charge in [0.2, 0.25) is 0 Å². The fourth-order valence-corrected chi connectivity index (χ4v) is 5.17. The minimum absolute atomic E-state index is 0.0537. The lowest BCUT2D eigenvalue weighted by Crippen LogP contribution is -2.31. The van der Waals surface area contributed by atoms with Crippen molar-refractivity contribution in [1.82, 2.24) is 10.4 Å². The predicted molar refractivity (Wildman–Crippen MR) is 142 cm³/mol. The van der Waals surface area contributed by atoms with E-state index in [4.69, 9.17) is 11.6 Å². The van der Waals surface area contributed by atoms with Crippen LogP contribution in [0.5, 0.6) is 0 Å². The third kappa shape index (κ3) is 5.97. The first-order valence-corrected chi connectivity index (χ1v) is 12.8. The number of nitrogens with zero attached hydrogens (tertiary/aromatic N) is 3. The molecule has 0 saturated heterocycles. The molecule has 1 heterocycles. The number of nitrogens with one attached hydrogen (secondary N) is 1. The van der Waals surface area contributed by atoms with Gasteiger partial charge in [-0.1, -0.05) is 54.1 Å². The van der Waals surface area contributed by atoms with E-state index in [1.165, 1.54) is 10.5 Å². The number of pyridine rings is 1. The number of aromatic nitrogens is 1. The third-order valence-corrected chi connectivity index (χ3v) is 7.37. The number of hydrogen-bond acceptors (Lipinski definition) is 5. The van der Waals surface area contributed by atoms with Crippen LogP contribution >= 0.6 is 11.6 Å². The monoisotopic (exact) mass is 518 g/mol. The van der Waals surface area contributed by atoms with Crippen LogP contribution in [0.2, 0.25) is 5.02 Å². The van der Waals surface area contributed by atoms with Gasteiger partial charge in [0.15, 0.2) is 0 Å². The van der Waals surface area contributed by atoms with E-state index in [-0.39, 0.29) is 11.4 Å². The lowest BCUT2D eigenvalue weighted by molar-refractivity contribution is 0.0955. The number of anilines is 1. The Morgan fingerprint density at radius 1 is 1.00 bits per heavy atom. The molecule has 0 bridgehead atoms. The lowest BCUT2D eigenvalue weighted by Gasteiger charge is -2.26. The normalized spacial score (nSPS) is 11.4. The molecule has 9 heteroatoms. The minimum atomic E-state index is -3.89. The topological polar surface area (TPSA) is 91.7 Å². The predicted octanol–water partition coefficient (Wildman–Crippen LogP) is 5.20. The fraction of sp³-hybridized carbons (Fsp3) is 0.0741. The van der Waals surface area contributed by atoms with Gasteiger partial charge in [-0.2, -0.15) is 5.10 Å². The maximum atomic E-state index is 13.6. The number of amides is 1. The molecule has 0 fully saturated rings. The molecular weight excluding hydrogens is 496 g/mol. The highest BCUT2D eigenvalue weighted by Gasteiger charge is 2.26. The smallest absolute Gasteiger partial charge is 0.267 e. The summed E-state index contributed by atoms with van der Waals surface area (Å²) in [7, 11) is -3.89. The molecule has 0 radical (unpaired) electrons.